The molecule has 0 heterocycles. The summed E-state index contributed by atoms with van der Waals surface area (Å²) in [7, 11) is 1.22. The number of amides is 1. The molecule has 0 aliphatic rings. The Morgan fingerprint density at radius 3 is 2.60 bits per heavy atom. The van der Waals surface area contributed by atoms with Crippen molar-refractivity contribution < 1.29 is 23.1 Å². The van der Waals surface area contributed by atoms with Crippen molar-refractivity contribution in [3.63, 3.8) is 0 Å². The van der Waals surface area contributed by atoms with E-state index in [2.05, 4.69) is 21.2 Å². The number of halogens is 3. The summed E-state index contributed by atoms with van der Waals surface area (Å²) in [4.78, 5) is 24.1. The van der Waals surface area contributed by atoms with Crippen LogP contribution >= 0.6 is 15.9 Å². The SMILES string of the molecule is COC(=O)[C@H](Cc1cccc(Br)c1)NC(=O)Cc1ccc(F)cc1F. The summed E-state index contributed by atoms with van der Waals surface area (Å²) in [5.41, 5.74) is 0.864. The number of hydrogen-bond donors (Lipinski definition) is 1. The van der Waals surface area contributed by atoms with Crippen LogP contribution in [-0.2, 0) is 27.2 Å². The maximum atomic E-state index is 13.6. The number of carbonyl (C=O) groups is 2. The Balaban J connectivity index is 2.08. The predicted molar refractivity (Wildman–Crippen MR) is 91.9 cm³/mol. The van der Waals surface area contributed by atoms with Crippen molar-refractivity contribution in [3.8, 4) is 0 Å². The number of carbonyl (C=O) groups excluding carboxylic acids is 2. The van der Waals surface area contributed by atoms with Gasteiger partial charge >= 0.3 is 5.97 Å². The van der Waals surface area contributed by atoms with Gasteiger partial charge in [-0.25, -0.2) is 13.6 Å². The van der Waals surface area contributed by atoms with E-state index in [1.54, 1.807) is 0 Å². The summed E-state index contributed by atoms with van der Waals surface area (Å²) >= 11 is 3.34. The summed E-state index contributed by atoms with van der Waals surface area (Å²) in [6.45, 7) is 0. The highest BCUT2D eigenvalue weighted by Crippen LogP contribution is 2.14. The van der Waals surface area contributed by atoms with E-state index in [9.17, 15) is 18.4 Å². The average molecular weight is 412 g/mol. The minimum absolute atomic E-state index is 0.0463. The van der Waals surface area contributed by atoms with Gasteiger partial charge in [0.05, 0.1) is 13.5 Å². The van der Waals surface area contributed by atoms with Crippen LogP contribution < -0.4 is 5.32 Å². The molecular formula is C18H16BrF2NO3. The molecule has 0 unspecified atom stereocenters. The molecular weight excluding hydrogens is 396 g/mol. The Bertz CT molecular complexity index is 783. The van der Waals surface area contributed by atoms with Crippen LogP contribution in [0.25, 0.3) is 0 Å². The highest BCUT2D eigenvalue weighted by molar-refractivity contribution is 9.10. The summed E-state index contributed by atoms with van der Waals surface area (Å²) < 4.78 is 32.1. The molecule has 1 atom stereocenters. The van der Waals surface area contributed by atoms with E-state index >= 15 is 0 Å². The van der Waals surface area contributed by atoms with Gasteiger partial charge in [0, 0.05) is 17.0 Å². The predicted octanol–water partition coefficient (Wildman–Crippen LogP) is 3.17. The molecule has 2 rings (SSSR count). The molecule has 0 bridgehead atoms. The van der Waals surface area contributed by atoms with E-state index in [4.69, 9.17) is 4.74 Å². The number of ether oxygens (including phenoxy) is 1. The van der Waals surface area contributed by atoms with Gasteiger partial charge in [0.25, 0.3) is 0 Å². The standard InChI is InChI=1S/C18H16BrF2NO3/c1-25-18(24)16(8-11-3-2-4-13(19)7-11)22-17(23)9-12-5-6-14(20)10-15(12)21/h2-7,10,16H,8-9H2,1H3,(H,22,23)/t16-/m0/s1. The molecule has 7 heteroatoms. The third kappa shape index (κ3) is 5.63. The summed E-state index contributed by atoms with van der Waals surface area (Å²) in [5, 5.41) is 2.54. The van der Waals surface area contributed by atoms with Gasteiger partial charge in [0.15, 0.2) is 0 Å². The molecule has 0 saturated heterocycles. The van der Waals surface area contributed by atoms with Crippen molar-refractivity contribution in [3.05, 3.63) is 69.7 Å². The zero-order valence-corrected chi connectivity index (χ0v) is 15.0. The number of benzene rings is 2. The largest absolute Gasteiger partial charge is 0.467 e. The molecule has 2 aromatic carbocycles. The maximum Gasteiger partial charge on any atom is 0.328 e. The van der Waals surface area contributed by atoms with Crippen LogP contribution in [0, 0.1) is 11.6 Å². The molecule has 0 aliphatic carbocycles. The third-order valence-corrected chi connectivity index (χ3v) is 4.01. The number of esters is 1. The zero-order chi connectivity index (χ0) is 18.4. The Morgan fingerprint density at radius 2 is 1.96 bits per heavy atom. The van der Waals surface area contributed by atoms with Crippen LogP contribution in [0.1, 0.15) is 11.1 Å². The van der Waals surface area contributed by atoms with E-state index in [0.717, 1.165) is 16.1 Å². The first-order chi connectivity index (χ1) is 11.9. The summed E-state index contributed by atoms with van der Waals surface area (Å²) in [6.07, 6.45) is -0.0815. The monoisotopic (exact) mass is 411 g/mol. The summed E-state index contributed by atoms with van der Waals surface area (Å²) in [6, 6.07) is 9.36. The van der Waals surface area contributed by atoms with Gasteiger partial charge in [0.1, 0.15) is 17.7 Å². The fraction of sp³-hybridized carbons (Fsp3) is 0.222. The Morgan fingerprint density at radius 1 is 1.20 bits per heavy atom. The van der Waals surface area contributed by atoms with Crippen LogP contribution in [0.2, 0.25) is 0 Å². The van der Waals surface area contributed by atoms with E-state index in [1.165, 1.54) is 13.2 Å². The molecule has 2 aromatic rings. The summed E-state index contributed by atoms with van der Waals surface area (Å²) in [5.74, 6) is -2.69. The van der Waals surface area contributed by atoms with E-state index in [-0.39, 0.29) is 18.4 Å². The molecule has 0 saturated carbocycles. The van der Waals surface area contributed by atoms with Gasteiger partial charge in [-0.15, -0.1) is 0 Å². The molecule has 0 aliphatic heterocycles. The minimum atomic E-state index is -0.907. The van der Waals surface area contributed by atoms with Gasteiger partial charge in [0.2, 0.25) is 5.91 Å². The Labute approximate surface area is 152 Å². The molecule has 0 aromatic heterocycles. The van der Waals surface area contributed by atoms with Crippen LogP contribution in [0.3, 0.4) is 0 Å². The van der Waals surface area contributed by atoms with Gasteiger partial charge in [-0.2, -0.15) is 0 Å². The zero-order valence-electron chi connectivity index (χ0n) is 13.4. The van der Waals surface area contributed by atoms with E-state index < -0.39 is 29.6 Å². The highest BCUT2D eigenvalue weighted by atomic mass is 79.9. The number of methoxy groups -OCH3 is 1. The van der Waals surface area contributed by atoms with Crippen LogP contribution in [-0.4, -0.2) is 25.0 Å². The molecule has 0 spiro atoms. The first-order valence-corrected chi connectivity index (χ1v) is 8.24. The van der Waals surface area contributed by atoms with Crippen LogP contribution in [0.5, 0.6) is 0 Å². The fourth-order valence-corrected chi connectivity index (χ4v) is 2.77. The second kappa shape index (κ2) is 8.71. The first kappa shape index (κ1) is 19.1. The van der Waals surface area contributed by atoms with Crippen molar-refractivity contribution in [1.29, 1.82) is 0 Å². The molecule has 132 valence electrons. The highest BCUT2D eigenvalue weighted by Gasteiger charge is 2.22. The fourth-order valence-electron chi connectivity index (χ4n) is 2.32. The molecule has 4 nitrogen and oxygen atoms in total. The smallest absolute Gasteiger partial charge is 0.328 e. The van der Waals surface area contributed by atoms with Crippen molar-refractivity contribution in [2.45, 2.75) is 18.9 Å². The maximum absolute atomic E-state index is 13.6. The molecule has 0 fully saturated rings. The average Bonchev–Trinajstić information content (AvgIpc) is 2.56. The van der Waals surface area contributed by atoms with Crippen LogP contribution in [0.4, 0.5) is 8.78 Å². The van der Waals surface area contributed by atoms with Crippen LogP contribution in [0.15, 0.2) is 46.9 Å². The van der Waals surface area contributed by atoms with Gasteiger partial charge < -0.3 is 10.1 Å². The lowest BCUT2D eigenvalue weighted by atomic mass is 10.1. The molecule has 1 N–H and O–H groups in total. The lowest BCUT2D eigenvalue weighted by molar-refractivity contribution is -0.145. The molecule has 1 amide bonds. The third-order valence-electron chi connectivity index (χ3n) is 3.52. The lowest BCUT2D eigenvalue weighted by Crippen LogP contribution is -2.43. The normalized spacial score (nSPS) is 11.7. The van der Waals surface area contributed by atoms with Gasteiger partial charge in [-0.05, 0) is 29.3 Å². The van der Waals surface area contributed by atoms with Crippen molar-refractivity contribution >= 4 is 27.8 Å². The topological polar surface area (TPSA) is 55.4 Å². The first-order valence-electron chi connectivity index (χ1n) is 7.44. The quantitative estimate of drug-likeness (QED) is 0.742. The van der Waals surface area contributed by atoms with Crippen molar-refractivity contribution in [2.24, 2.45) is 0 Å². The van der Waals surface area contributed by atoms with Gasteiger partial charge in [-0.3, -0.25) is 4.79 Å². The van der Waals surface area contributed by atoms with Crippen molar-refractivity contribution in [1.82, 2.24) is 5.32 Å². The molecule has 25 heavy (non-hydrogen) atoms. The van der Waals surface area contributed by atoms with Crippen molar-refractivity contribution in [2.75, 3.05) is 7.11 Å². The molecule has 0 radical (unpaired) electrons. The number of hydrogen-bond acceptors (Lipinski definition) is 3. The minimum Gasteiger partial charge on any atom is -0.467 e. The lowest BCUT2D eigenvalue weighted by Gasteiger charge is -2.17. The second-order valence-electron chi connectivity index (χ2n) is 5.39. The van der Waals surface area contributed by atoms with Gasteiger partial charge in [-0.1, -0.05) is 34.1 Å². The Kier molecular flexibility index (Phi) is 6.64. The van der Waals surface area contributed by atoms with E-state index in [0.29, 0.717) is 6.07 Å². The second-order valence-corrected chi connectivity index (χ2v) is 6.31. The number of nitrogens with one attached hydrogen (secondary N) is 1. The Hall–Kier alpha value is -2.28. The van der Waals surface area contributed by atoms with E-state index in [1.807, 2.05) is 24.3 Å². The number of rotatable bonds is 6.